The van der Waals surface area contributed by atoms with Gasteiger partial charge in [-0.25, -0.2) is 0 Å². The summed E-state index contributed by atoms with van der Waals surface area (Å²) in [6, 6.07) is 78.4. The number of aromatic nitrogens is 4. The van der Waals surface area contributed by atoms with Crippen LogP contribution in [0.25, 0.3) is 55.6 Å². The molecule has 0 aliphatic carbocycles. The number of rotatable bonds is 6. The lowest BCUT2D eigenvalue weighted by Crippen LogP contribution is -2.77. The number of hydrogen-bond donors (Lipinski definition) is 0. The Morgan fingerprint density at radius 2 is 1.05 bits per heavy atom. The molecule has 11 aromatic rings. The van der Waals surface area contributed by atoms with Crippen molar-refractivity contribution >= 4 is 50.6 Å². The Bertz CT molecular complexity index is 3650. The van der Waals surface area contributed by atoms with Crippen molar-refractivity contribution in [1.29, 1.82) is 0 Å². The third-order valence-corrected chi connectivity index (χ3v) is 19.5. The average molecular weight is 851 g/mol. The molecule has 0 radical (unpaired) electrons. The van der Waals surface area contributed by atoms with Gasteiger partial charge in [-0.3, -0.25) is 0 Å². The fraction of sp³-hybridized carbons (Fsp3) is 0.0508. The molecule has 0 amide bonds. The molecule has 1 atom stereocenters. The van der Waals surface area contributed by atoms with E-state index in [0.717, 1.165) is 23.0 Å². The zero-order valence-electron chi connectivity index (χ0n) is 36.0. The monoisotopic (exact) mass is 850 g/mol. The first kappa shape index (κ1) is 36.4. The van der Waals surface area contributed by atoms with Gasteiger partial charge in [0.1, 0.15) is 28.3 Å². The van der Waals surface area contributed by atoms with Crippen LogP contribution >= 0.6 is 0 Å². The van der Waals surface area contributed by atoms with E-state index < -0.39 is 13.7 Å². The van der Waals surface area contributed by atoms with E-state index in [1.54, 1.807) is 0 Å². The zero-order chi connectivity index (χ0) is 43.0. The maximum atomic E-state index is 6.93. The lowest BCUT2D eigenvalue weighted by Gasteiger charge is -2.34. The minimum Gasteiger partial charge on any atom is -0.456 e. The highest BCUT2D eigenvalue weighted by molar-refractivity contribution is 7.19. The van der Waals surface area contributed by atoms with Gasteiger partial charge in [-0.1, -0.05) is 168 Å². The van der Waals surface area contributed by atoms with Crippen LogP contribution < -0.4 is 34.7 Å². The van der Waals surface area contributed by atoms with Crippen molar-refractivity contribution in [2.45, 2.75) is 19.5 Å². The van der Waals surface area contributed by atoms with Crippen LogP contribution in [-0.2, 0) is 5.66 Å². The topological polar surface area (TPSA) is 26.8 Å². The molecule has 306 valence electrons. The van der Waals surface area contributed by atoms with Gasteiger partial charge in [-0.05, 0) is 86.8 Å². The maximum Gasteiger partial charge on any atom is 0.397 e. The Morgan fingerprint density at radius 1 is 0.477 bits per heavy atom. The molecule has 0 fully saturated rings. The van der Waals surface area contributed by atoms with Crippen LogP contribution in [0.3, 0.4) is 0 Å². The first-order valence-corrected chi connectivity index (χ1v) is 24.5. The summed E-state index contributed by atoms with van der Waals surface area (Å²) >= 11 is 0. The van der Waals surface area contributed by atoms with Crippen LogP contribution in [0, 0.1) is 13.8 Å². The summed E-state index contributed by atoms with van der Waals surface area (Å²) in [7, 11) is -2.61. The van der Waals surface area contributed by atoms with Crippen LogP contribution in [0.1, 0.15) is 22.5 Å². The molecule has 5 nitrogen and oxygen atoms in total. The number of benzene rings is 8. The van der Waals surface area contributed by atoms with E-state index in [1.165, 1.54) is 87.3 Å². The van der Waals surface area contributed by atoms with E-state index in [-0.39, 0.29) is 0 Å². The van der Waals surface area contributed by atoms with E-state index in [0.29, 0.717) is 0 Å². The van der Waals surface area contributed by atoms with Crippen molar-refractivity contribution in [2.75, 3.05) is 0 Å². The molecule has 14 rings (SSSR count). The molecule has 6 heterocycles. The van der Waals surface area contributed by atoms with Gasteiger partial charge in [0.2, 0.25) is 5.69 Å². The Morgan fingerprint density at radius 3 is 1.72 bits per heavy atom. The number of nitrogens with zero attached hydrogens (tertiary/aromatic N) is 4. The molecule has 0 saturated heterocycles. The fourth-order valence-electron chi connectivity index (χ4n) is 12.2. The molecule has 3 aliphatic heterocycles. The number of fused-ring (bicyclic) bond motifs is 7. The SMILES string of the molecule is Cc1c(-c2ccc(-c3ccc([Si](c4ccccc4)(c4ccccc4)c4ccccc4)cc3)cc2)c(C)[n+]2n1-c1cccc3c1C21c2c(ccc4c5ccccc5n(c24)-c2cccc[n+]21)O3. The molecule has 0 bridgehead atoms. The van der Waals surface area contributed by atoms with Gasteiger partial charge in [0.15, 0.2) is 19.2 Å². The first-order chi connectivity index (χ1) is 32.1. The Kier molecular flexibility index (Phi) is 7.42. The highest BCUT2D eigenvalue weighted by atomic mass is 28.3. The van der Waals surface area contributed by atoms with Crippen molar-refractivity contribution in [2.24, 2.45) is 0 Å². The molecule has 3 aromatic heterocycles. The Hall–Kier alpha value is -8.06. The van der Waals surface area contributed by atoms with Gasteiger partial charge < -0.3 is 4.74 Å². The molecular formula is C59H42N4OSi+2. The van der Waals surface area contributed by atoms with Gasteiger partial charge in [0.05, 0.1) is 17.5 Å². The van der Waals surface area contributed by atoms with E-state index in [4.69, 9.17) is 4.74 Å². The van der Waals surface area contributed by atoms with Crippen LogP contribution in [0.15, 0.2) is 219 Å². The molecule has 65 heavy (non-hydrogen) atoms. The largest absolute Gasteiger partial charge is 0.456 e. The predicted octanol–water partition coefficient (Wildman–Crippen LogP) is 9.51. The van der Waals surface area contributed by atoms with Crippen LogP contribution in [0.5, 0.6) is 11.5 Å². The highest BCUT2D eigenvalue weighted by Gasteiger charge is 2.70. The van der Waals surface area contributed by atoms with Crippen molar-refractivity contribution in [3.63, 3.8) is 0 Å². The molecule has 8 aromatic carbocycles. The van der Waals surface area contributed by atoms with Crippen LogP contribution in [0.2, 0.25) is 0 Å². The summed E-state index contributed by atoms with van der Waals surface area (Å²) in [5.41, 5.74) is 12.4. The molecule has 6 heteroatoms. The predicted molar refractivity (Wildman–Crippen MR) is 263 cm³/mol. The quantitative estimate of drug-likeness (QED) is 0.0931. The number of pyridine rings is 1. The standard InChI is InChI=1S/C59H42N4OSi/c1-39-55(43-30-28-41(29-31-43)42-32-34-47(35-33-42)65(44-17-6-3-7-18-44,45-19-8-4-9-20-45)46-21-10-5-11-22-46)40(2)63-59-56-51(62(39)63)25-16-26-52(56)64-53-37-36-49-48-23-12-13-24-50(48)61(58(49)57(53)59)54-27-14-15-38-60(54)59/h3-38H,1-2H3/q+2. The molecule has 1 spiro atoms. The maximum absolute atomic E-state index is 6.93. The molecule has 0 N–H and O–H groups in total. The lowest BCUT2D eigenvalue weighted by atomic mass is 9.84. The van der Waals surface area contributed by atoms with Crippen molar-refractivity contribution in [1.82, 2.24) is 9.25 Å². The smallest absolute Gasteiger partial charge is 0.397 e. The van der Waals surface area contributed by atoms with Crippen LogP contribution in [0.4, 0.5) is 0 Å². The summed E-state index contributed by atoms with van der Waals surface area (Å²) in [5, 5.41) is 7.97. The number of ether oxygens (including phenoxy) is 1. The molecule has 3 aliphatic rings. The fourth-order valence-corrected chi connectivity index (χ4v) is 16.9. The molecule has 1 unspecified atom stereocenters. The first-order valence-electron chi connectivity index (χ1n) is 22.5. The van der Waals surface area contributed by atoms with Gasteiger partial charge in [0.25, 0.3) is 5.82 Å². The summed E-state index contributed by atoms with van der Waals surface area (Å²) in [5.74, 6) is 2.91. The highest BCUT2D eigenvalue weighted by Crippen LogP contribution is 2.56. The molecule has 0 saturated carbocycles. The second-order valence-electron chi connectivity index (χ2n) is 17.7. The normalized spacial score (nSPS) is 15.1. The van der Waals surface area contributed by atoms with Gasteiger partial charge in [-0.15, -0.1) is 4.68 Å². The van der Waals surface area contributed by atoms with E-state index in [9.17, 15) is 0 Å². The number of para-hydroxylation sites is 1. The van der Waals surface area contributed by atoms with Crippen molar-refractivity contribution in [3.8, 4) is 45.3 Å². The summed E-state index contributed by atoms with van der Waals surface area (Å²) in [6.07, 6.45) is 2.26. The molecular weight excluding hydrogens is 809 g/mol. The van der Waals surface area contributed by atoms with Gasteiger partial charge in [0, 0.05) is 23.8 Å². The minimum absolute atomic E-state index is 0.730. The van der Waals surface area contributed by atoms with E-state index >= 15 is 0 Å². The number of hydrogen-bond acceptors (Lipinski definition) is 1. The second kappa shape index (κ2) is 13.2. The Labute approximate surface area is 377 Å². The van der Waals surface area contributed by atoms with Crippen molar-refractivity contribution in [3.05, 3.63) is 241 Å². The summed E-state index contributed by atoms with van der Waals surface area (Å²) in [6.45, 7) is 4.58. The average Bonchev–Trinajstić information content (AvgIpc) is 3.97. The minimum atomic E-state index is -2.61. The Balaban J connectivity index is 0.925. The summed E-state index contributed by atoms with van der Waals surface area (Å²) in [4.78, 5) is 0. The van der Waals surface area contributed by atoms with E-state index in [2.05, 4.69) is 251 Å². The second-order valence-corrected chi connectivity index (χ2v) is 21.5. The lowest BCUT2D eigenvalue weighted by molar-refractivity contribution is -0.995. The van der Waals surface area contributed by atoms with Gasteiger partial charge in [-0.2, -0.15) is 9.13 Å². The van der Waals surface area contributed by atoms with Gasteiger partial charge >= 0.3 is 5.66 Å². The third-order valence-electron chi connectivity index (χ3n) is 14.7. The summed E-state index contributed by atoms with van der Waals surface area (Å²) < 4.78 is 16.9. The third kappa shape index (κ3) is 4.56. The van der Waals surface area contributed by atoms with Crippen molar-refractivity contribution < 1.29 is 14.0 Å². The zero-order valence-corrected chi connectivity index (χ0v) is 37.0. The van der Waals surface area contributed by atoms with E-state index in [1.807, 2.05) is 0 Å². The van der Waals surface area contributed by atoms with Crippen LogP contribution in [-0.4, -0.2) is 17.3 Å².